The van der Waals surface area contributed by atoms with Crippen LogP contribution in [-0.2, 0) is 9.84 Å². The van der Waals surface area contributed by atoms with E-state index in [1.807, 2.05) is 21.1 Å². The zero-order valence-electron chi connectivity index (χ0n) is 10.2. The highest BCUT2D eigenvalue weighted by molar-refractivity contribution is 7.91. The molecule has 0 aromatic carbocycles. The molecule has 6 heteroatoms. The molecule has 0 fully saturated rings. The van der Waals surface area contributed by atoms with Crippen LogP contribution in [0, 0.1) is 0 Å². The van der Waals surface area contributed by atoms with Crippen molar-refractivity contribution in [2.45, 2.75) is 19.4 Å². The summed E-state index contributed by atoms with van der Waals surface area (Å²) in [5, 5.41) is 0. The maximum Gasteiger partial charge on any atom is 0.157 e. The Bertz CT molecular complexity index is 294. The number of rotatable bonds is 6. The number of hydrogen-bond donors (Lipinski definition) is 1. The fourth-order valence-corrected chi connectivity index (χ4v) is 3.35. The monoisotopic (exact) mass is 257 g/mol. The van der Waals surface area contributed by atoms with Crippen LogP contribution in [0.4, 0.5) is 0 Å². The maximum atomic E-state index is 11.7. The molecule has 0 saturated heterocycles. The van der Waals surface area contributed by atoms with Crippen LogP contribution in [-0.4, -0.2) is 57.6 Å². The average molecular weight is 258 g/mol. The van der Waals surface area contributed by atoms with Crippen molar-refractivity contribution in [1.29, 1.82) is 0 Å². The Morgan fingerprint density at radius 1 is 1.27 bits per heavy atom. The van der Waals surface area contributed by atoms with E-state index in [0.29, 0.717) is 11.0 Å². The summed E-state index contributed by atoms with van der Waals surface area (Å²) in [6.07, 6.45) is 0. The molecule has 0 bridgehead atoms. The van der Waals surface area contributed by atoms with Crippen molar-refractivity contribution in [3.63, 3.8) is 0 Å². The van der Waals surface area contributed by atoms with Gasteiger partial charge < -0.3 is 4.48 Å². The van der Waals surface area contributed by atoms with E-state index in [-0.39, 0.29) is 11.5 Å². The Morgan fingerprint density at radius 3 is 2.07 bits per heavy atom. The third-order valence-corrected chi connectivity index (χ3v) is 4.39. The molecule has 92 valence electrons. The molecule has 0 heterocycles. The fraction of sp³-hybridized carbons (Fsp3) is 1.00. The van der Waals surface area contributed by atoms with E-state index in [4.69, 9.17) is 11.8 Å². The molecule has 0 aliphatic rings. The SMILES string of the molecule is CC(C)(CS(=O)(=O)CC[N+](C)(C)C)NCl. The number of hydrogen-bond acceptors (Lipinski definition) is 3. The Kier molecular flexibility index (Phi) is 5.05. The molecule has 1 N–H and O–H groups in total. The molecule has 0 aromatic heterocycles. The highest BCUT2D eigenvalue weighted by Gasteiger charge is 2.26. The van der Waals surface area contributed by atoms with Gasteiger partial charge in [-0.1, -0.05) is 0 Å². The molecule has 0 aliphatic carbocycles. The van der Waals surface area contributed by atoms with Gasteiger partial charge in [-0.2, -0.15) is 0 Å². The van der Waals surface area contributed by atoms with Gasteiger partial charge >= 0.3 is 0 Å². The lowest BCUT2D eigenvalue weighted by atomic mass is 10.1. The van der Waals surface area contributed by atoms with Gasteiger partial charge in [-0.25, -0.2) is 13.3 Å². The summed E-state index contributed by atoms with van der Waals surface area (Å²) in [4.78, 5) is 2.48. The normalized spacial score (nSPS) is 14.3. The van der Waals surface area contributed by atoms with Crippen LogP contribution in [0.2, 0.25) is 0 Å². The Hall–Kier alpha value is 0.160. The topological polar surface area (TPSA) is 46.2 Å². The van der Waals surface area contributed by atoms with Crippen molar-refractivity contribution in [3.05, 3.63) is 0 Å². The summed E-state index contributed by atoms with van der Waals surface area (Å²) < 4.78 is 24.1. The number of nitrogens with zero attached hydrogens (tertiary/aromatic N) is 1. The van der Waals surface area contributed by atoms with Crippen molar-refractivity contribution >= 4 is 21.6 Å². The summed E-state index contributed by atoms with van der Waals surface area (Å²) in [6.45, 7) is 4.15. The van der Waals surface area contributed by atoms with E-state index in [0.717, 1.165) is 0 Å². The van der Waals surface area contributed by atoms with Crippen molar-refractivity contribution in [3.8, 4) is 0 Å². The number of halogens is 1. The van der Waals surface area contributed by atoms with Crippen LogP contribution < -0.4 is 4.84 Å². The third kappa shape index (κ3) is 8.02. The van der Waals surface area contributed by atoms with E-state index in [2.05, 4.69) is 4.84 Å². The predicted octanol–water partition coefficient (Wildman–Crippen LogP) is 0.629. The van der Waals surface area contributed by atoms with Crippen LogP contribution in [0.5, 0.6) is 0 Å². The average Bonchev–Trinajstić information content (AvgIpc) is 1.98. The predicted molar refractivity (Wildman–Crippen MR) is 64.6 cm³/mol. The van der Waals surface area contributed by atoms with Gasteiger partial charge in [-0.3, -0.25) is 0 Å². The molecule has 0 unspecified atom stereocenters. The summed E-state index contributed by atoms with van der Waals surface area (Å²) >= 11 is 5.47. The second-order valence-electron chi connectivity index (χ2n) is 5.58. The molecule has 0 aromatic rings. The van der Waals surface area contributed by atoms with Crippen molar-refractivity contribution in [1.82, 2.24) is 4.84 Å². The van der Waals surface area contributed by atoms with Crippen LogP contribution in [0.3, 0.4) is 0 Å². The first-order valence-corrected chi connectivity index (χ1v) is 7.06. The quantitative estimate of drug-likeness (QED) is 0.561. The summed E-state index contributed by atoms with van der Waals surface area (Å²) in [6, 6.07) is 0. The van der Waals surface area contributed by atoms with Gasteiger partial charge in [-0.15, -0.1) is 0 Å². The van der Waals surface area contributed by atoms with Gasteiger partial charge in [-0.05, 0) is 25.6 Å². The van der Waals surface area contributed by atoms with Gasteiger partial charge in [0, 0.05) is 5.54 Å². The molecule has 4 nitrogen and oxygen atoms in total. The van der Waals surface area contributed by atoms with Gasteiger partial charge in [0.15, 0.2) is 9.84 Å². The Morgan fingerprint density at radius 2 is 1.73 bits per heavy atom. The Balaban J connectivity index is 4.34. The molecule has 15 heavy (non-hydrogen) atoms. The largest absolute Gasteiger partial charge is 0.330 e. The minimum absolute atomic E-state index is 0.0590. The molecule has 0 radical (unpaired) electrons. The second kappa shape index (κ2) is 4.99. The highest BCUT2D eigenvalue weighted by atomic mass is 35.5. The summed E-state index contributed by atoms with van der Waals surface area (Å²) in [5.41, 5.74) is -0.578. The van der Waals surface area contributed by atoms with Crippen LogP contribution in [0.15, 0.2) is 0 Å². The van der Waals surface area contributed by atoms with E-state index in [1.54, 1.807) is 13.8 Å². The number of sulfone groups is 1. The van der Waals surface area contributed by atoms with E-state index in [9.17, 15) is 8.42 Å². The first-order valence-electron chi connectivity index (χ1n) is 4.86. The number of nitrogens with one attached hydrogen (secondary N) is 1. The van der Waals surface area contributed by atoms with Gasteiger partial charge in [0.1, 0.15) is 0 Å². The number of quaternary nitrogens is 1. The minimum Gasteiger partial charge on any atom is -0.330 e. The highest BCUT2D eigenvalue weighted by Crippen LogP contribution is 2.09. The molecular weight excluding hydrogens is 236 g/mol. The van der Waals surface area contributed by atoms with Gasteiger partial charge in [0.2, 0.25) is 0 Å². The zero-order chi connectivity index (χ0) is 12.3. The lowest BCUT2D eigenvalue weighted by molar-refractivity contribution is -0.867. The van der Waals surface area contributed by atoms with Crippen LogP contribution >= 0.6 is 11.8 Å². The molecule has 0 atom stereocenters. The molecule has 0 rings (SSSR count). The van der Waals surface area contributed by atoms with Crippen LogP contribution in [0.1, 0.15) is 13.8 Å². The van der Waals surface area contributed by atoms with Crippen molar-refractivity contribution < 1.29 is 12.9 Å². The lowest BCUT2D eigenvalue weighted by Crippen LogP contribution is -2.44. The van der Waals surface area contributed by atoms with E-state index in [1.165, 1.54) is 0 Å². The van der Waals surface area contributed by atoms with Crippen molar-refractivity contribution in [2.75, 3.05) is 39.2 Å². The van der Waals surface area contributed by atoms with Gasteiger partial charge in [0.25, 0.3) is 0 Å². The van der Waals surface area contributed by atoms with Gasteiger partial charge in [0.05, 0.1) is 39.2 Å². The van der Waals surface area contributed by atoms with Crippen molar-refractivity contribution in [2.24, 2.45) is 0 Å². The first kappa shape index (κ1) is 15.2. The standard InChI is InChI=1S/C9H22ClN2O2S/c1-9(2,11-10)8-15(13,14)7-6-12(3,4)5/h11H,6-8H2,1-5H3/q+1. The zero-order valence-corrected chi connectivity index (χ0v) is 11.7. The first-order chi connectivity index (χ1) is 6.47. The molecule has 0 spiro atoms. The molecule has 0 aliphatic heterocycles. The van der Waals surface area contributed by atoms with E-state index >= 15 is 0 Å². The maximum absolute atomic E-state index is 11.7. The molecule has 0 saturated carbocycles. The van der Waals surface area contributed by atoms with E-state index < -0.39 is 15.4 Å². The fourth-order valence-electron chi connectivity index (χ4n) is 1.06. The smallest absolute Gasteiger partial charge is 0.157 e. The lowest BCUT2D eigenvalue weighted by Gasteiger charge is -2.26. The molecular formula is C9H22ClN2O2S+. The minimum atomic E-state index is -3.05. The summed E-state index contributed by atoms with van der Waals surface area (Å²) in [5.74, 6) is 0.252. The molecule has 0 amide bonds. The second-order valence-corrected chi connectivity index (χ2v) is 7.96. The van der Waals surface area contributed by atoms with Crippen LogP contribution in [0.25, 0.3) is 0 Å². The summed E-state index contributed by atoms with van der Waals surface area (Å²) in [7, 11) is 2.87. The Labute approximate surface area is 98.2 Å². The third-order valence-electron chi connectivity index (χ3n) is 1.91.